The summed E-state index contributed by atoms with van der Waals surface area (Å²) in [4.78, 5) is 19.7. The fourth-order valence-electron chi connectivity index (χ4n) is 1.21. The van der Waals surface area contributed by atoms with E-state index < -0.39 is 5.91 Å². The van der Waals surface area contributed by atoms with Gasteiger partial charge in [-0.1, -0.05) is 24.6 Å². The molecule has 0 aliphatic carbocycles. The summed E-state index contributed by atoms with van der Waals surface area (Å²) >= 11 is 5.70. The molecule has 0 aliphatic rings. The highest BCUT2D eigenvalue weighted by Gasteiger charge is 2.12. The van der Waals surface area contributed by atoms with Gasteiger partial charge in [-0.2, -0.15) is 0 Å². The van der Waals surface area contributed by atoms with E-state index in [-0.39, 0.29) is 5.82 Å². The van der Waals surface area contributed by atoms with E-state index in [4.69, 9.17) is 11.6 Å². The van der Waals surface area contributed by atoms with E-state index in [1.165, 1.54) is 0 Å². The Bertz CT molecular complexity index is 539. The molecule has 0 bridgehead atoms. The van der Waals surface area contributed by atoms with Crippen LogP contribution in [0.1, 0.15) is 23.4 Å². The number of hydrogen-bond donors (Lipinski definition) is 2. The van der Waals surface area contributed by atoms with Gasteiger partial charge in [-0.15, -0.1) is 5.10 Å². The van der Waals surface area contributed by atoms with Gasteiger partial charge in [-0.3, -0.25) is 9.89 Å². The number of aryl methyl sites for hydroxylation is 1. The first-order valence-corrected chi connectivity index (χ1v) is 5.42. The smallest absolute Gasteiger partial charge is 0.296 e. The third-order valence-corrected chi connectivity index (χ3v) is 2.24. The van der Waals surface area contributed by atoms with Crippen LogP contribution in [0.2, 0.25) is 5.15 Å². The van der Waals surface area contributed by atoms with Gasteiger partial charge in [0.25, 0.3) is 5.91 Å². The number of H-pyrrole nitrogens is 1. The Kier molecular flexibility index (Phi) is 3.34. The minimum absolute atomic E-state index is 0.0867. The number of pyridine rings is 1. The molecule has 1 amide bonds. The van der Waals surface area contributed by atoms with Crippen molar-refractivity contribution in [1.29, 1.82) is 0 Å². The Morgan fingerprint density at radius 3 is 2.94 bits per heavy atom. The SMILES string of the molecule is CCc1nc(C(=O)Nc2cccc(Cl)n2)n[nH]1. The molecule has 17 heavy (non-hydrogen) atoms. The molecule has 0 atom stereocenters. The number of nitrogens with one attached hydrogen (secondary N) is 2. The van der Waals surface area contributed by atoms with Crippen LogP contribution in [0.15, 0.2) is 18.2 Å². The second-order valence-corrected chi connectivity index (χ2v) is 3.65. The molecular weight excluding hydrogens is 242 g/mol. The fourth-order valence-corrected chi connectivity index (χ4v) is 1.37. The van der Waals surface area contributed by atoms with Crippen molar-refractivity contribution in [3.8, 4) is 0 Å². The zero-order chi connectivity index (χ0) is 12.3. The van der Waals surface area contributed by atoms with E-state index in [2.05, 4.69) is 25.5 Å². The molecule has 0 aromatic carbocycles. The third kappa shape index (κ3) is 2.79. The minimum Gasteiger partial charge on any atom is -0.304 e. The fraction of sp³-hybridized carbons (Fsp3) is 0.200. The standard InChI is InChI=1S/C10H10ClN5O/c1-2-7-13-9(16-15-7)10(17)14-8-5-3-4-6(11)12-8/h3-5H,2H2,1H3,(H,12,14,17)(H,13,15,16). The Hall–Kier alpha value is -1.95. The lowest BCUT2D eigenvalue weighted by Gasteiger charge is -2.00. The van der Waals surface area contributed by atoms with Gasteiger partial charge in [0.05, 0.1) is 0 Å². The lowest BCUT2D eigenvalue weighted by molar-refractivity contribution is 0.101. The van der Waals surface area contributed by atoms with Crippen molar-refractivity contribution in [2.75, 3.05) is 5.32 Å². The van der Waals surface area contributed by atoms with E-state index in [0.717, 1.165) is 0 Å². The zero-order valence-corrected chi connectivity index (χ0v) is 9.82. The van der Waals surface area contributed by atoms with Crippen LogP contribution in [0, 0.1) is 0 Å². The van der Waals surface area contributed by atoms with Crippen LogP contribution in [0.25, 0.3) is 0 Å². The van der Waals surface area contributed by atoms with Gasteiger partial charge >= 0.3 is 0 Å². The molecule has 0 spiro atoms. The van der Waals surface area contributed by atoms with Gasteiger partial charge in [-0.25, -0.2) is 9.97 Å². The summed E-state index contributed by atoms with van der Waals surface area (Å²) in [5.74, 6) is 0.693. The normalized spacial score (nSPS) is 10.2. The number of aromatic amines is 1. The molecular formula is C10H10ClN5O. The molecule has 6 nitrogen and oxygen atoms in total. The Morgan fingerprint density at radius 1 is 1.47 bits per heavy atom. The van der Waals surface area contributed by atoms with Gasteiger partial charge < -0.3 is 5.32 Å². The Morgan fingerprint density at radius 2 is 2.29 bits per heavy atom. The number of amides is 1. The van der Waals surface area contributed by atoms with Crippen molar-refractivity contribution < 1.29 is 4.79 Å². The summed E-state index contributed by atoms with van der Waals surface area (Å²) in [6.07, 6.45) is 0.690. The lowest BCUT2D eigenvalue weighted by atomic mass is 10.4. The van der Waals surface area contributed by atoms with E-state index in [1.54, 1.807) is 18.2 Å². The van der Waals surface area contributed by atoms with Crippen molar-refractivity contribution >= 4 is 23.3 Å². The van der Waals surface area contributed by atoms with Crippen LogP contribution in [-0.4, -0.2) is 26.1 Å². The third-order valence-electron chi connectivity index (χ3n) is 2.03. The molecule has 2 N–H and O–H groups in total. The van der Waals surface area contributed by atoms with Crippen LogP contribution >= 0.6 is 11.6 Å². The maximum atomic E-state index is 11.7. The number of carbonyl (C=O) groups is 1. The van der Waals surface area contributed by atoms with Crippen LogP contribution in [0.4, 0.5) is 5.82 Å². The minimum atomic E-state index is -0.421. The molecule has 2 aromatic heterocycles. The Balaban J connectivity index is 2.11. The maximum absolute atomic E-state index is 11.7. The molecule has 2 heterocycles. The highest BCUT2D eigenvalue weighted by molar-refractivity contribution is 6.29. The highest BCUT2D eigenvalue weighted by atomic mass is 35.5. The quantitative estimate of drug-likeness (QED) is 0.813. The van der Waals surface area contributed by atoms with Crippen molar-refractivity contribution in [3.63, 3.8) is 0 Å². The lowest BCUT2D eigenvalue weighted by Crippen LogP contribution is -2.14. The first kappa shape index (κ1) is 11.5. The molecule has 0 unspecified atom stereocenters. The zero-order valence-electron chi connectivity index (χ0n) is 9.07. The largest absolute Gasteiger partial charge is 0.304 e. The van der Waals surface area contributed by atoms with Crippen molar-refractivity contribution in [3.05, 3.63) is 35.0 Å². The molecule has 0 aliphatic heterocycles. The van der Waals surface area contributed by atoms with Gasteiger partial charge in [0.15, 0.2) is 0 Å². The maximum Gasteiger partial charge on any atom is 0.296 e. The number of rotatable bonds is 3. The number of carbonyl (C=O) groups excluding carboxylic acids is 1. The highest BCUT2D eigenvalue weighted by Crippen LogP contribution is 2.09. The number of anilines is 1. The van der Waals surface area contributed by atoms with Gasteiger partial charge in [0.2, 0.25) is 5.82 Å². The van der Waals surface area contributed by atoms with Crippen molar-refractivity contribution in [1.82, 2.24) is 20.2 Å². The molecule has 0 fully saturated rings. The van der Waals surface area contributed by atoms with Crippen LogP contribution in [-0.2, 0) is 6.42 Å². The molecule has 2 rings (SSSR count). The average Bonchev–Trinajstić information content (AvgIpc) is 2.77. The van der Waals surface area contributed by atoms with Gasteiger partial charge in [-0.05, 0) is 12.1 Å². The monoisotopic (exact) mass is 251 g/mol. The van der Waals surface area contributed by atoms with E-state index in [9.17, 15) is 4.79 Å². The van der Waals surface area contributed by atoms with E-state index >= 15 is 0 Å². The molecule has 2 aromatic rings. The second kappa shape index (κ2) is 4.92. The van der Waals surface area contributed by atoms with Crippen molar-refractivity contribution in [2.24, 2.45) is 0 Å². The van der Waals surface area contributed by atoms with Crippen LogP contribution in [0.3, 0.4) is 0 Å². The first-order chi connectivity index (χ1) is 8.19. The molecule has 88 valence electrons. The van der Waals surface area contributed by atoms with Crippen molar-refractivity contribution in [2.45, 2.75) is 13.3 Å². The molecule has 0 radical (unpaired) electrons. The summed E-state index contributed by atoms with van der Waals surface area (Å²) in [5, 5.41) is 9.33. The number of halogens is 1. The predicted molar refractivity (Wildman–Crippen MR) is 63.0 cm³/mol. The summed E-state index contributed by atoms with van der Waals surface area (Å²) in [7, 11) is 0. The molecule has 0 saturated carbocycles. The first-order valence-electron chi connectivity index (χ1n) is 5.04. The number of nitrogens with zero attached hydrogens (tertiary/aromatic N) is 3. The predicted octanol–water partition coefficient (Wildman–Crippen LogP) is 1.67. The average molecular weight is 252 g/mol. The summed E-state index contributed by atoms with van der Waals surface area (Å²) in [6, 6.07) is 4.96. The van der Waals surface area contributed by atoms with E-state index in [1.807, 2.05) is 6.92 Å². The van der Waals surface area contributed by atoms with E-state index in [0.29, 0.717) is 23.2 Å². The number of hydrogen-bond acceptors (Lipinski definition) is 4. The second-order valence-electron chi connectivity index (χ2n) is 3.26. The summed E-state index contributed by atoms with van der Waals surface area (Å²) in [6.45, 7) is 1.92. The topological polar surface area (TPSA) is 83.6 Å². The van der Waals surface area contributed by atoms with Gasteiger partial charge in [0, 0.05) is 6.42 Å². The van der Waals surface area contributed by atoms with Gasteiger partial charge in [0.1, 0.15) is 16.8 Å². The Labute approximate surface area is 102 Å². The summed E-state index contributed by atoms with van der Waals surface area (Å²) in [5.41, 5.74) is 0. The summed E-state index contributed by atoms with van der Waals surface area (Å²) < 4.78 is 0. The van der Waals surface area contributed by atoms with Crippen LogP contribution < -0.4 is 5.32 Å². The van der Waals surface area contributed by atoms with Crippen LogP contribution in [0.5, 0.6) is 0 Å². The molecule has 7 heteroatoms. The number of aromatic nitrogens is 4. The molecule has 0 saturated heterocycles.